The van der Waals surface area contributed by atoms with Crippen molar-refractivity contribution in [3.8, 4) is 11.5 Å². The van der Waals surface area contributed by atoms with Gasteiger partial charge in [-0.2, -0.15) is 5.10 Å². The fourth-order valence-electron chi connectivity index (χ4n) is 2.91. The molecule has 0 fully saturated rings. The Balaban J connectivity index is 2.18. The maximum atomic E-state index is 6.13. The minimum atomic E-state index is -0.226. The molecule has 0 aliphatic heterocycles. The third-order valence-electron chi connectivity index (χ3n) is 4.04. The summed E-state index contributed by atoms with van der Waals surface area (Å²) in [5, 5.41) is 5.57. The third kappa shape index (κ3) is 2.97. The number of hydrogen-bond acceptors (Lipinski definition) is 6. The second kappa shape index (κ2) is 6.23. The third-order valence-corrected chi connectivity index (χ3v) is 4.04. The Bertz CT molecular complexity index is 912. The average molecular weight is 341 g/mol. The molecule has 3 aromatic rings. The molecule has 0 amide bonds. The van der Waals surface area contributed by atoms with Crippen molar-refractivity contribution >= 4 is 16.9 Å². The maximum Gasteiger partial charge on any atom is 0.164 e. The number of nitrogens with two attached hydrogens (primary N) is 1. The molecule has 0 saturated carbocycles. The number of aromatic nitrogens is 4. The summed E-state index contributed by atoms with van der Waals surface area (Å²) in [6.07, 6.45) is 2.01. The minimum absolute atomic E-state index is 0.226. The van der Waals surface area contributed by atoms with Crippen LogP contribution in [0.15, 0.2) is 24.5 Å². The van der Waals surface area contributed by atoms with E-state index in [1.54, 1.807) is 14.2 Å². The van der Waals surface area contributed by atoms with E-state index in [-0.39, 0.29) is 5.54 Å². The molecule has 3 rings (SSSR count). The second-order valence-corrected chi connectivity index (χ2v) is 6.82. The fraction of sp³-hybridized carbons (Fsp3) is 0.389. The van der Waals surface area contributed by atoms with E-state index >= 15 is 0 Å². The molecule has 0 spiro atoms. The van der Waals surface area contributed by atoms with Crippen LogP contribution in [0, 0.1) is 0 Å². The number of nitrogen functional groups attached to an aromatic ring is 1. The summed E-state index contributed by atoms with van der Waals surface area (Å²) in [5.74, 6) is 1.81. The normalized spacial score (nSPS) is 11.7. The van der Waals surface area contributed by atoms with Gasteiger partial charge in [-0.1, -0.05) is 12.1 Å². The average Bonchev–Trinajstić information content (AvgIpc) is 2.94. The predicted molar refractivity (Wildman–Crippen MR) is 97.1 cm³/mol. The molecule has 0 unspecified atom stereocenters. The lowest BCUT2D eigenvalue weighted by Crippen LogP contribution is -2.23. The van der Waals surface area contributed by atoms with E-state index in [2.05, 4.69) is 30.7 Å². The lowest BCUT2D eigenvalue weighted by molar-refractivity contribution is 0.351. The van der Waals surface area contributed by atoms with Crippen molar-refractivity contribution in [3.05, 3.63) is 35.8 Å². The van der Waals surface area contributed by atoms with E-state index in [1.807, 2.05) is 22.9 Å². The standard InChI is InChI=1S/C18H23N5O2/c1-18(2,3)23-17-14(16(19)20-10-21-17)12(22-23)9-11-7-6-8-13(24-4)15(11)25-5/h6-8,10H,9H2,1-5H3,(H2,19,20,21). The van der Waals surface area contributed by atoms with Gasteiger partial charge in [0, 0.05) is 12.0 Å². The second-order valence-electron chi connectivity index (χ2n) is 6.82. The molecule has 2 heterocycles. The van der Waals surface area contributed by atoms with Crippen LogP contribution in [-0.4, -0.2) is 34.0 Å². The molecular weight excluding hydrogens is 318 g/mol. The van der Waals surface area contributed by atoms with Gasteiger partial charge in [0.2, 0.25) is 0 Å². The number of nitrogens with zero attached hydrogens (tertiary/aromatic N) is 4. The number of rotatable bonds is 4. The van der Waals surface area contributed by atoms with Crippen molar-refractivity contribution in [1.29, 1.82) is 0 Å². The van der Waals surface area contributed by atoms with Gasteiger partial charge in [-0.15, -0.1) is 0 Å². The molecule has 7 nitrogen and oxygen atoms in total. The highest BCUT2D eigenvalue weighted by Gasteiger charge is 2.24. The van der Waals surface area contributed by atoms with Crippen LogP contribution in [0.25, 0.3) is 11.0 Å². The van der Waals surface area contributed by atoms with Crippen LogP contribution in [0.2, 0.25) is 0 Å². The van der Waals surface area contributed by atoms with Crippen molar-refractivity contribution in [2.45, 2.75) is 32.7 Å². The van der Waals surface area contributed by atoms with E-state index in [0.717, 1.165) is 22.3 Å². The molecule has 1 aromatic carbocycles. The van der Waals surface area contributed by atoms with Gasteiger partial charge in [-0.25, -0.2) is 14.6 Å². The van der Waals surface area contributed by atoms with E-state index in [4.69, 9.17) is 20.3 Å². The highest BCUT2D eigenvalue weighted by atomic mass is 16.5. The summed E-state index contributed by atoms with van der Waals surface area (Å²) < 4.78 is 12.8. The molecule has 2 aromatic heterocycles. The van der Waals surface area contributed by atoms with Gasteiger partial charge >= 0.3 is 0 Å². The minimum Gasteiger partial charge on any atom is -0.493 e. The number of anilines is 1. The van der Waals surface area contributed by atoms with Gasteiger partial charge in [0.25, 0.3) is 0 Å². The van der Waals surface area contributed by atoms with Gasteiger partial charge in [0.15, 0.2) is 17.1 Å². The van der Waals surface area contributed by atoms with Gasteiger partial charge in [0.1, 0.15) is 12.1 Å². The topological polar surface area (TPSA) is 88.1 Å². The van der Waals surface area contributed by atoms with Crippen molar-refractivity contribution in [2.75, 3.05) is 20.0 Å². The Morgan fingerprint density at radius 1 is 1.12 bits per heavy atom. The number of ether oxygens (including phenoxy) is 2. The Morgan fingerprint density at radius 3 is 2.52 bits per heavy atom. The van der Waals surface area contributed by atoms with E-state index in [0.29, 0.717) is 23.7 Å². The Morgan fingerprint density at radius 2 is 1.88 bits per heavy atom. The van der Waals surface area contributed by atoms with Gasteiger partial charge in [-0.05, 0) is 26.8 Å². The van der Waals surface area contributed by atoms with Crippen molar-refractivity contribution in [1.82, 2.24) is 19.7 Å². The van der Waals surface area contributed by atoms with Gasteiger partial charge in [0.05, 0.1) is 30.8 Å². The summed E-state index contributed by atoms with van der Waals surface area (Å²) >= 11 is 0. The highest BCUT2D eigenvalue weighted by Crippen LogP contribution is 2.34. The lowest BCUT2D eigenvalue weighted by atomic mass is 10.1. The van der Waals surface area contributed by atoms with Crippen molar-refractivity contribution in [2.24, 2.45) is 0 Å². The molecule has 2 N–H and O–H groups in total. The number of methoxy groups -OCH3 is 2. The number of benzene rings is 1. The highest BCUT2D eigenvalue weighted by molar-refractivity contribution is 5.88. The van der Waals surface area contributed by atoms with Crippen molar-refractivity contribution in [3.63, 3.8) is 0 Å². The van der Waals surface area contributed by atoms with E-state index in [1.165, 1.54) is 6.33 Å². The molecule has 0 atom stereocenters. The SMILES string of the molecule is COc1cccc(Cc2nn(C(C)(C)C)c3ncnc(N)c23)c1OC. The quantitative estimate of drug-likeness (QED) is 0.785. The number of hydrogen-bond donors (Lipinski definition) is 1. The molecule has 0 aliphatic carbocycles. The van der Waals surface area contributed by atoms with Crippen LogP contribution in [0.5, 0.6) is 11.5 Å². The van der Waals surface area contributed by atoms with E-state index in [9.17, 15) is 0 Å². The molecule has 0 saturated heterocycles. The van der Waals surface area contributed by atoms with Crippen LogP contribution >= 0.6 is 0 Å². The van der Waals surface area contributed by atoms with Gasteiger partial charge < -0.3 is 15.2 Å². The van der Waals surface area contributed by atoms with Crippen LogP contribution in [0.4, 0.5) is 5.82 Å². The van der Waals surface area contributed by atoms with Crippen molar-refractivity contribution < 1.29 is 9.47 Å². The predicted octanol–water partition coefficient (Wildman–Crippen LogP) is 2.77. The molecule has 0 aliphatic rings. The maximum absolute atomic E-state index is 6.13. The summed E-state index contributed by atoms with van der Waals surface area (Å²) in [7, 11) is 3.25. The fourth-order valence-corrected chi connectivity index (χ4v) is 2.91. The van der Waals surface area contributed by atoms with E-state index < -0.39 is 0 Å². The summed E-state index contributed by atoms with van der Waals surface area (Å²) in [6, 6.07) is 5.79. The van der Waals surface area contributed by atoms with Gasteiger partial charge in [-0.3, -0.25) is 0 Å². The summed E-state index contributed by atoms with van der Waals surface area (Å²) in [5.41, 5.74) is 8.42. The Hall–Kier alpha value is -2.83. The number of para-hydroxylation sites is 1. The first-order chi connectivity index (χ1) is 11.9. The largest absolute Gasteiger partial charge is 0.493 e. The molecule has 25 heavy (non-hydrogen) atoms. The Kier molecular flexibility index (Phi) is 4.24. The van der Waals surface area contributed by atoms with Crippen LogP contribution in [0.3, 0.4) is 0 Å². The zero-order chi connectivity index (χ0) is 18.2. The van der Waals surface area contributed by atoms with Crippen LogP contribution in [0.1, 0.15) is 32.0 Å². The molecular formula is C18H23N5O2. The Labute approximate surface area is 146 Å². The first-order valence-corrected chi connectivity index (χ1v) is 8.05. The first-order valence-electron chi connectivity index (χ1n) is 8.05. The summed E-state index contributed by atoms with van der Waals surface area (Å²) in [4.78, 5) is 8.54. The molecule has 0 radical (unpaired) electrons. The van der Waals surface area contributed by atoms with Crippen LogP contribution < -0.4 is 15.2 Å². The number of fused-ring (bicyclic) bond motifs is 1. The lowest BCUT2D eigenvalue weighted by Gasteiger charge is -2.19. The zero-order valence-electron chi connectivity index (χ0n) is 15.2. The molecule has 132 valence electrons. The summed E-state index contributed by atoms with van der Waals surface area (Å²) in [6.45, 7) is 6.23. The smallest absolute Gasteiger partial charge is 0.164 e. The molecule has 0 bridgehead atoms. The molecule has 7 heteroatoms. The first kappa shape index (κ1) is 17.0. The monoisotopic (exact) mass is 341 g/mol. The zero-order valence-corrected chi connectivity index (χ0v) is 15.2. The van der Waals surface area contributed by atoms with Crippen LogP contribution in [-0.2, 0) is 12.0 Å².